The van der Waals surface area contributed by atoms with Crippen LogP contribution in [0.5, 0.6) is 0 Å². The third kappa shape index (κ3) is 2.93. The summed E-state index contributed by atoms with van der Waals surface area (Å²) in [5.74, 6) is 0. The lowest BCUT2D eigenvalue weighted by Gasteiger charge is -2.07. The number of nitrogens with zero attached hydrogens (tertiary/aromatic N) is 4. The largest absolute Gasteiger partial charge is 0.263 e. The van der Waals surface area contributed by atoms with Crippen molar-refractivity contribution in [3.63, 3.8) is 0 Å². The highest BCUT2D eigenvalue weighted by molar-refractivity contribution is 5.70. The predicted octanol–water partition coefficient (Wildman–Crippen LogP) is 4.10. The van der Waals surface area contributed by atoms with Crippen molar-refractivity contribution in [2.24, 2.45) is 0 Å². The monoisotopic (exact) mass is 316 g/mol. The average Bonchev–Trinajstić information content (AvgIpc) is 2.81. The molecule has 0 fully saturated rings. The zero-order valence-corrected chi connectivity index (χ0v) is 14.5. The van der Waals surface area contributed by atoms with Crippen molar-refractivity contribution in [3.05, 3.63) is 70.3 Å². The Bertz CT molecular complexity index is 945. The van der Waals surface area contributed by atoms with Gasteiger partial charge in [0.05, 0.1) is 29.6 Å². The fourth-order valence-corrected chi connectivity index (χ4v) is 3.05. The summed E-state index contributed by atoms with van der Waals surface area (Å²) in [4.78, 5) is 4.56. The molecule has 0 saturated carbocycles. The van der Waals surface area contributed by atoms with E-state index in [2.05, 4.69) is 24.0 Å². The summed E-state index contributed by atoms with van der Waals surface area (Å²) in [5.41, 5.74) is 8.05. The standard InChI is InChI=1S/C20H20N4/c1-13-10-17(8-9-18(13)11-21)20-15(3)23-24(16(20)4)12-19-7-5-6-14(2)22-19/h5-10H,12H2,1-4H3. The van der Waals surface area contributed by atoms with Gasteiger partial charge in [0.2, 0.25) is 0 Å². The lowest BCUT2D eigenvalue weighted by molar-refractivity contribution is 0.646. The summed E-state index contributed by atoms with van der Waals surface area (Å²) >= 11 is 0. The van der Waals surface area contributed by atoms with Gasteiger partial charge in [-0.05, 0) is 63.1 Å². The molecule has 0 amide bonds. The summed E-state index contributed by atoms with van der Waals surface area (Å²) in [5, 5.41) is 13.8. The Morgan fingerprint density at radius 1 is 1.08 bits per heavy atom. The topological polar surface area (TPSA) is 54.5 Å². The summed E-state index contributed by atoms with van der Waals surface area (Å²) in [6.45, 7) is 8.72. The number of hydrogen-bond acceptors (Lipinski definition) is 3. The predicted molar refractivity (Wildman–Crippen MR) is 94.7 cm³/mol. The molecule has 2 heterocycles. The molecule has 0 aliphatic heterocycles. The highest BCUT2D eigenvalue weighted by atomic mass is 15.3. The van der Waals surface area contributed by atoms with Crippen molar-refractivity contribution in [2.75, 3.05) is 0 Å². The van der Waals surface area contributed by atoms with Crippen molar-refractivity contribution in [1.82, 2.24) is 14.8 Å². The summed E-state index contributed by atoms with van der Waals surface area (Å²) < 4.78 is 2.00. The van der Waals surface area contributed by atoms with Crippen LogP contribution in [0.15, 0.2) is 36.4 Å². The molecule has 0 spiro atoms. The van der Waals surface area contributed by atoms with Crippen LogP contribution in [0.3, 0.4) is 0 Å². The van der Waals surface area contributed by atoms with E-state index < -0.39 is 0 Å². The van der Waals surface area contributed by atoms with E-state index in [-0.39, 0.29) is 0 Å². The first-order valence-electron chi connectivity index (χ1n) is 7.97. The van der Waals surface area contributed by atoms with Gasteiger partial charge in [0.15, 0.2) is 0 Å². The quantitative estimate of drug-likeness (QED) is 0.731. The number of rotatable bonds is 3. The van der Waals surface area contributed by atoms with E-state index in [9.17, 15) is 0 Å². The maximum atomic E-state index is 9.11. The van der Waals surface area contributed by atoms with Gasteiger partial charge in [-0.25, -0.2) is 0 Å². The third-order valence-electron chi connectivity index (χ3n) is 4.27. The summed E-state index contributed by atoms with van der Waals surface area (Å²) in [6.07, 6.45) is 0. The maximum absolute atomic E-state index is 9.11. The number of pyridine rings is 1. The molecule has 0 aliphatic rings. The summed E-state index contributed by atoms with van der Waals surface area (Å²) in [7, 11) is 0. The minimum Gasteiger partial charge on any atom is -0.263 e. The van der Waals surface area contributed by atoms with Gasteiger partial charge in [0, 0.05) is 17.0 Å². The van der Waals surface area contributed by atoms with Gasteiger partial charge in [-0.3, -0.25) is 9.67 Å². The van der Waals surface area contributed by atoms with E-state index in [0.29, 0.717) is 12.1 Å². The highest BCUT2D eigenvalue weighted by Gasteiger charge is 2.15. The van der Waals surface area contributed by atoms with Crippen LogP contribution in [0, 0.1) is 39.0 Å². The van der Waals surface area contributed by atoms with Crippen LogP contribution >= 0.6 is 0 Å². The molecule has 4 heteroatoms. The molecule has 0 atom stereocenters. The molecule has 4 nitrogen and oxygen atoms in total. The Kier molecular flexibility index (Phi) is 4.18. The van der Waals surface area contributed by atoms with E-state index in [1.807, 2.05) is 55.8 Å². The minimum absolute atomic E-state index is 0.656. The van der Waals surface area contributed by atoms with Crippen LogP contribution in [0.4, 0.5) is 0 Å². The fourth-order valence-electron chi connectivity index (χ4n) is 3.05. The molecule has 0 radical (unpaired) electrons. The van der Waals surface area contributed by atoms with Crippen LogP contribution in [0.2, 0.25) is 0 Å². The van der Waals surface area contributed by atoms with E-state index in [4.69, 9.17) is 10.4 Å². The van der Waals surface area contributed by atoms with Crippen LogP contribution in [0.25, 0.3) is 11.1 Å². The summed E-state index contributed by atoms with van der Waals surface area (Å²) in [6, 6.07) is 14.2. The molecule has 1 aromatic carbocycles. The number of benzene rings is 1. The van der Waals surface area contributed by atoms with Gasteiger partial charge < -0.3 is 0 Å². The minimum atomic E-state index is 0.656. The van der Waals surface area contributed by atoms with Crippen molar-refractivity contribution in [2.45, 2.75) is 34.2 Å². The SMILES string of the molecule is Cc1cccc(Cn2nc(C)c(-c3ccc(C#N)c(C)c3)c2C)n1. The van der Waals surface area contributed by atoms with Gasteiger partial charge in [-0.15, -0.1) is 0 Å². The van der Waals surface area contributed by atoms with Gasteiger partial charge in [-0.2, -0.15) is 10.4 Å². The number of hydrogen-bond donors (Lipinski definition) is 0. The second-order valence-corrected chi connectivity index (χ2v) is 6.12. The van der Waals surface area contributed by atoms with Gasteiger partial charge in [-0.1, -0.05) is 12.1 Å². The molecular formula is C20H20N4. The lowest BCUT2D eigenvalue weighted by atomic mass is 9.99. The molecule has 0 saturated heterocycles. The number of nitriles is 1. The lowest BCUT2D eigenvalue weighted by Crippen LogP contribution is -2.06. The van der Waals surface area contributed by atoms with Crippen LogP contribution in [-0.4, -0.2) is 14.8 Å². The fraction of sp³-hybridized carbons (Fsp3) is 0.250. The van der Waals surface area contributed by atoms with E-state index in [0.717, 1.165) is 39.5 Å². The van der Waals surface area contributed by atoms with Crippen molar-refractivity contribution < 1.29 is 0 Å². The molecule has 0 bridgehead atoms. The first-order valence-corrected chi connectivity index (χ1v) is 7.97. The third-order valence-corrected chi connectivity index (χ3v) is 4.27. The molecule has 0 unspecified atom stereocenters. The average molecular weight is 316 g/mol. The molecule has 3 aromatic rings. The molecule has 24 heavy (non-hydrogen) atoms. The normalized spacial score (nSPS) is 10.6. The van der Waals surface area contributed by atoms with E-state index >= 15 is 0 Å². The first kappa shape index (κ1) is 15.9. The molecule has 0 aliphatic carbocycles. The van der Waals surface area contributed by atoms with Gasteiger partial charge >= 0.3 is 0 Å². The molecular weight excluding hydrogens is 296 g/mol. The van der Waals surface area contributed by atoms with E-state index in [1.54, 1.807) is 0 Å². The first-order chi connectivity index (χ1) is 11.5. The maximum Gasteiger partial charge on any atom is 0.0994 e. The Morgan fingerprint density at radius 2 is 1.88 bits per heavy atom. The number of aryl methyl sites for hydroxylation is 3. The van der Waals surface area contributed by atoms with Crippen molar-refractivity contribution >= 4 is 0 Å². The van der Waals surface area contributed by atoms with E-state index in [1.165, 1.54) is 0 Å². The molecule has 0 N–H and O–H groups in total. The van der Waals surface area contributed by atoms with Crippen molar-refractivity contribution in [1.29, 1.82) is 5.26 Å². The number of aromatic nitrogens is 3. The Balaban J connectivity index is 2.01. The smallest absolute Gasteiger partial charge is 0.0994 e. The molecule has 2 aromatic heterocycles. The van der Waals surface area contributed by atoms with Crippen LogP contribution in [0.1, 0.15) is 33.9 Å². The molecule has 3 rings (SSSR count). The highest BCUT2D eigenvalue weighted by Crippen LogP contribution is 2.28. The van der Waals surface area contributed by atoms with Crippen LogP contribution < -0.4 is 0 Å². The Labute approximate surface area is 142 Å². The second kappa shape index (κ2) is 6.29. The Morgan fingerprint density at radius 3 is 2.54 bits per heavy atom. The molecule has 120 valence electrons. The zero-order chi connectivity index (χ0) is 17.3. The Hall–Kier alpha value is -2.93. The van der Waals surface area contributed by atoms with Crippen molar-refractivity contribution in [3.8, 4) is 17.2 Å². The van der Waals surface area contributed by atoms with Gasteiger partial charge in [0.1, 0.15) is 0 Å². The van der Waals surface area contributed by atoms with Crippen LogP contribution in [-0.2, 0) is 6.54 Å². The van der Waals surface area contributed by atoms with Gasteiger partial charge in [0.25, 0.3) is 0 Å². The second-order valence-electron chi connectivity index (χ2n) is 6.12. The zero-order valence-electron chi connectivity index (χ0n) is 14.5.